The molecule has 0 aromatic rings. The molecule has 0 saturated carbocycles. The Bertz CT molecular complexity index is 1740. The van der Waals surface area contributed by atoms with E-state index in [4.69, 9.17) is 9.05 Å². The fourth-order valence-corrected chi connectivity index (χ4v) is 8.57. The van der Waals surface area contributed by atoms with Crippen molar-refractivity contribution < 1.29 is 32.9 Å². The zero-order valence-corrected chi connectivity index (χ0v) is 50.0. The van der Waals surface area contributed by atoms with E-state index in [0.29, 0.717) is 17.4 Å². The molecular weight excluding hydrogens is 960 g/mol. The first-order valence-electron chi connectivity index (χ1n) is 30.2. The molecule has 0 rings (SSSR count). The van der Waals surface area contributed by atoms with Crippen LogP contribution in [0.25, 0.3) is 0 Å². The van der Waals surface area contributed by atoms with Crippen molar-refractivity contribution in [2.45, 2.75) is 231 Å². The minimum absolute atomic E-state index is 0.0139. The van der Waals surface area contributed by atoms with E-state index in [1.165, 1.54) is 83.5 Å². The van der Waals surface area contributed by atoms with Crippen LogP contribution in [0.15, 0.2) is 146 Å². The number of nitrogens with zero attached hydrogens (tertiary/aromatic N) is 1. The van der Waals surface area contributed by atoms with Crippen molar-refractivity contribution in [1.29, 1.82) is 0 Å². The van der Waals surface area contributed by atoms with Gasteiger partial charge in [-0.1, -0.05) is 250 Å². The van der Waals surface area contributed by atoms with Crippen LogP contribution in [0.2, 0.25) is 0 Å². The number of carbonyl (C=O) groups excluding carboxylic acids is 1. The minimum atomic E-state index is -4.61. The molecule has 0 bridgehead atoms. The number of hydrogen-bond acceptors (Lipinski definition) is 6. The smallest absolute Gasteiger partial charge is 0.268 e. The summed E-state index contributed by atoms with van der Waals surface area (Å²) < 4.78 is 23.3. The lowest BCUT2D eigenvalue weighted by Crippen LogP contribution is -2.45. The van der Waals surface area contributed by atoms with Crippen LogP contribution >= 0.6 is 7.82 Å². The Labute approximate surface area is 468 Å². The Hall–Kier alpha value is -3.62. The summed E-state index contributed by atoms with van der Waals surface area (Å²) in [7, 11) is 1.22. The van der Waals surface area contributed by atoms with Gasteiger partial charge in [0.05, 0.1) is 39.9 Å². The van der Waals surface area contributed by atoms with Crippen LogP contribution in [-0.4, -0.2) is 68.5 Å². The van der Waals surface area contributed by atoms with Gasteiger partial charge >= 0.3 is 0 Å². The number of amides is 1. The predicted molar refractivity (Wildman–Crippen MR) is 329 cm³/mol. The van der Waals surface area contributed by atoms with Gasteiger partial charge in [0.15, 0.2) is 0 Å². The van der Waals surface area contributed by atoms with E-state index < -0.39 is 26.6 Å². The molecule has 0 heterocycles. The van der Waals surface area contributed by atoms with Gasteiger partial charge in [0.25, 0.3) is 7.82 Å². The molecule has 1 amide bonds. The first-order valence-corrected chi connectivity index (χ1v) is 31.7. The highest BCUT2D eigenvalue weighted by atomic mass is 31.2. The first kappa shape index (κ1) is 72.4. The maximum Gasteiger partial charge on any atom is 0.268 e. The van der Waals surface area contributed by atoms with Crippen molar-refractivity contribution in [3.05, 3.63) is 146 Å². The van der Waals surface area contributed by atoms with Gasteiger partial charge in [-0.15, -0.1) is 0 Å². The van der Waals surface area contributed by atoms with Crippen LogP contribution < -0.4 is 10.2 Å². The van der Waals surface area contributed by atoms with Crippen LogP contribution in [0, 0.1) is 0 Å². The summed E-state index contributed by atoms with van der Waals surface area (Å²) >= 11 is 0. The number of phosphoric acid groups is 1. The highest BCUT2D eigenvalue weighted by molar-refractivity contribution is 7.45. The summed E-state index contributed by atoms with van der Waals surface area (Å²) in [6.07, 6.45) is 86.5. The molecule has 0 radical (unpaired) electrons. The van der Waals surface area contributed by atoms with E-state index in [-0.39, 0.29) is 12.5 Å². The van der Waals surface area contributed by atoms with Gasteiger partial charge in [0.1, 0.15) is 13.2 Å². The number of aliphatic hydroxyl groups is 1. The second-order valence-electron chi connectivity index (χ2n) is 21.0. The van der Waals surface area contributed by atoms with E-state index in [1.54, 1.807) is 6.08 Å². The summed E-state index contributed by atoms with van der Waals surface area (Å²) in [6, 6.07) is -0.914. The third-order valence-electron chi connectivity index (χ3n) is 12.5. The summed E-state index contributed by atoms with van der Waals surface area (Å²) in [5, 5.41) is 13.8. The third-order valence-corrected chi connectivity index (χ3v) is 13.5. The lowest BCUT2D eigenvalue weighted by molar-refractivity contribution is -0.870. The first-order chi connectivity index (χ1) is 37.0. The second kappa shape index (κ2) is 56.1. The van der Waals surface area contributed by atoms with Gasteiger partial charge < -0.3 is 28.8 Å². The van der Waals surface area contributed by atoms with E-state index >= 15 is 0 Å². The molecule has 432 valence electrons. The van der Waals surface area contributed by atoms with Crippen LogP contribution in [0.3, 0.4) is 0 Å². The standard InChI is InChI=1S/C67H113N2O6P/c1-6-8-10-12-14-16-18-20-21-22-23-24-25-26-27-28-29-30-31-32-33-34-35-36-37-38-39-40-41-42-43-44-45-46-47-49-51-53-55-57-59-61-67(71)68-65(64-75-76(72,73)74-63-62-69(3,4)5)66(70)60-58-56-54-52-50-48-19-17-15-13-11-9-7-2/h8,10,14,16,20-21,23-24,26-27,29-30,32-33,35-36,38-39,41-42,50,52,58,60,65-66,70H,6-7,9,11-13,15,17-19,22,25,28,31,34,37,40,43-49,51,53-57,59,61-64H2,1-5H3,(H-,68,71,72,73)/b10-8-,16-14-,21-20-,24-23-,27-26-,30-29-,33-32-,36-35-,39-38-,42-41-,52-50+,60-58+. The molecule has 3 unspecified atom stereocenters. The Balaban J connectivity index is 4.10. The summed E-state index contributed by atoms with van der Waals surface area (Å²) in [6.45, 7) is 4.48. The number of rotatable bonds is 53. The molecule has 0 fully saturated rings. The zero-order chi connectivity index (χ0) is 55.6. The largest absolute Gasteiger partial charge is 0.756 e. The maximum absolute atomic E-state index is 12.9. The van der Waals surface area contributed by atoms with Gasteiger partial charge in [-0.3, -0.25) is 9.36 Å². The molecular formula is C67H113N2O6P. The van der Waals surface area contributed by atoms with E-state index in [2.05, 4.69) is 153 Å². The molecule has 0 saturated heterocycles. The van der Waals surface area contributed by atoms with Crippen molar-refractivity contribution in [3.63, 3.8) is 0 Å². The number of quaternary nitrogens is 1. The van der Waals surface area contributed by atoms with Crippen molar-refractivity contribution in [1.82, 2.24) is 5.32 Å². The van der Waals surface area contributed by atoms with Gasteiger partial charge in [0.2, 0.25) is 5.91 Å². The van der Waals surface area contributed by atoms with Gasteiger partial charge in [-0.25, -0.2) is 0 Å². The number of allylic oxidation sites excluding steroid dienone is 23. The normalized spacial score (nSPS) is 14.9. The monoisotopic (exact) mass is 1070 g/mol. The Morgan fingerprint density at radius 2 is 0.816 bits per heavy atom. The SMILES string of the molecule is CC/C=C\C/C=C\C/C=C\C/C=C\C/C=C\C/C=C\C/C=C\C/C=C\C/C=C\C/C=C\CCCCCCCCCCCCC(=O)NC(COP(=O)([O-])OCC[N+](C)(C)C)C(O)/C=C/CC/C=C/CCCCCCCCC. The number of nitrogens with one attached hydrogen (secondary N) is 1. The molecule has 9 heteroatoms. The molecule has 0 aliphatic carbocycles. The molecule has 8 nitrogen and oxygen atoms in total. The Kier molecular flexibility index (Phi) is 53.4. The molecule has 2 N–H and O–H groups in total. The van der Waals surface area contributed by atoms with Crippen molar-refractivity contribution in [3.8, 4) is 0 Å². The molecule has 0 aromatic heterocycles. The zero-order valence-electron chi connectivity index (χ0n) is 49.1. The van der Waals surface area contributed by atoms with E-state index in [0.717, 1.165) is 116 Å². The molecule has 0 aromatic carbocycles. The van der Waals surface area contributed by atoms with Gasteiger partial charge in [-0.2, -0.15) is 0 Å². The molecule has 3 atom stereocenters. The van der Waals surface area contributed by atoms with Crippen LogP contribution in [0.4, 0.5) is 0 Å². The summed E-state index contributed by atoms with van der Waals surface area (Å²) in [4.78, 5) is 25.4. The van der Waals surface area contributed by atoms with Crippen LogP contribution in [-0.2, 0) is 18.4 Å². The average molecular weight is 1070 g/mol. The van der Waals surface area contributed by atoms with Crippen LogP contribution in [0.5, 0.6) is 0 Å². The number of carbonyl (C=O) groups is 1. The molecule has 0 spiro atoms. The fraction of sp³-hybridized carbons (Fsp3) is 0.627. The Morgan fingerprint density at radius 3 is 1.22 bits per heavy atom. The van der Waals surface area contributed by atoms with Gasteiger partial charge in [0, 0.05) is 6.42 Å². The minimum Gasteiger partial charge on any atom is -0.756 e. The van der Waals surface area contributed by atoms with Crippen molar-refractivity contribution in [2.24, 2.45) is 0 Å². The van der Waals surface area contributed by atoms with Crippen molar-refractivity contribution >= 4 is 13.7 Å². The third kappa shape index (κ3) is 58.1. The Morgan fingerprint density at radius 1 is 0.474 bits per heavy atom. The average Bonchev–Trinajstić information content (AvgIpc) is 3.38. The predicted octanol–water partition coefficient (Wildman–Crippen LogP) is 18.2. The number of likely N-dealkylation sites (N-methyl/N-ethyl adjacent to an activating group) is 1. The molecule has 0 aliphatic heterocycles. The van der Waals surface area contributed by atoms with E-state index in [1.807, 2.05) is 27.2 Å². The van der Waals surface area contributed by atoms with Crippen molar-refractivity contribution in [2.75, 3.05) is 40.9 Å². The summed E-state index contributed by atoms with van der Waals surface area (Å²) in [5.74, 6) is -0.219. The quantitative estimate of drug-likeness (QED) is 0.0272. The number of unbranched alkanes of at least 4 members (excludes halogenated alkanes) is 18. The lowest BCUT2D eigenvalue weighted by Gasteiger charge is -2.29. The number of aliphatic hydroxyl groups excluding tert-OH is 1. The maximum atomic E-state index is 12.9. The lowest BCUT2D eigenvalue weighted by atomic mass is 10.0. The summed E-state index contributed by atoms with van der Waals surface area (Å²) in [5.41, 5.74) is 0. The molecule has 0 aliphatic rings. The molecule has 76 heavy (non-hydrogen) atoms. The number of phosphoric ester groups is 1. The van der Waals surface area contributed by atoms with Crippen LogP contribution in [0.1, 0.15) is 219 Å². The topological polar surface area (TPSA) is 108 Å². The van der Waals surface area contributed by atoms with Gasteiger partial charge in [-0.05, 0) is 109 Å². The fourth-order valence-electron chi connectivity index (χ4n) is 7.84. The highest BCUT2D eigenvalue weighted by Gasteiger charge is 2.23. The number of hydrogen-bond donors (Lipinski definition) is 2. The van der Waals surface area contributed by atoms with E-state index in [9.17, 15) is 19.4 Å². The second-order valence-corrected chi connectivity index (χ2v) is 22.4. The highest BCUT2D eigenvalue weighted by Crippen LogP contribution is 2.38.